The maximum Gasteiger partial charge on any atom is 0.407 e. The third-order valence-electron chi connectivity index (χ3n) is 3.61. The molecule has 0 aromatic carbocycles. The predicted molar refractivity (Wildman–Crippen MR) is 44.6 cm³/mol. The van der Waals surface area contributed by atoms with Crippen LogP contribution in [0.1, 0.15) is 25.7 Å². The fourth-order valence-electron chi connectivity index (χ4n) is 2.95. The fourth-order valence-corrected chi connectivity index (χ4v) is 2.95. The van der Waals surface area contributed by atoms with Gasteiger partial charge in [-0.2, -0.15) is 0 Å². The van der Waals surface area contributed by atoms with E-state index in [1.807, 2.05) is 0 Å². The van der Waals surface area contributed by atoms with Crippen LogP contribution in [0.3, 0.4) is 0 Å². The van der Waals surface area contributed by atoms with Gasteiger partial charge in [-0.3, -0.25) is 0 Å². The molecule has 0 aromatic rings. The van der Waals surface area contributed by atoms with Crippen molar-refractivity contribution >= 4 is 6.09 Å². The summed E-state index contributed by atoms with van der Waals surface area (Å²) in [4.78, 5) is 12.6. The predicted octanol–water partition coefficient (Wildman–Crippen LogP) is 1.06. The molecule has 3 heterocycles. The number of epoxide rings is 1. The van der Waals surface area contributed by atoms with Gasteiger partial charge < -0.3 is 14.7 Å². The number of rotatable bonds is 0. The molecular formula is C9H13NO3. The summed E-state index contributed by atoms with van der Waals surface area (Å²) in [7, 11) is 0. The van der Waals surface area contributed by atoms with E-state index in [1.165, 1.54) is 0 Å². The second kappa shape index (κ2) is 2.18. The second-order valence-electron chi connectivity index (χ2n) is 4.45. The molecule has 1 amide bonds. The van der Waals surface area contributed by atoms with Crippen LogP contribution in [0.25, 0.3) is 0 Å². The van der Waals surface area contributed by atoms with Crippen LogP contribution in [-0.2, 0) is 4.74 Å². The van der Waals surface area contributed by atoms with Crippen molar-refractivity contribution in [2.45, 2.75) is 43.4 Å². The highest BCUT2D eigenvalue weighted by molar-refractivity contribution is 5.66. The van der Waals surface area contributed by atoms with Gasteiger partial charge in [0, 0.05) is 12.1 Å². The lowest BCUT2D eigenvalue weighted by atomic mass is 9.91. The van der Waals surface area contributed by atoms with Gasteiger partial charge in [0.25, 0.3) is 0 Å². The van der Waals surface area contributed by atoms with E-state index in [1.54, 1.807) is 4.90 Å². The van der Waals surface area contributed by atoms with Crippen LogP contribution in [0.2, 0.25) is 0 Å². The Morgan fingerprint density at radius 1 is 1.38 bits per heavy atom. The minimum atomic E-state index is -0.747. The molecule has 3 fully saturated rings. The van der Waals surface area contributed by atoms with E-state index in [0.717, 1.165) is 32.3 Å². The molecule has 0 aromatic heterocycles. The number of carboxylic acid groups (broad SMARTS) is 1. The van der Waals surface area contributed by atoms with Gasteiger partial charge in [-0.1, -0.05) is 0 Å². The first-order valence-electron chi connectivity index (χ1n) is 4.85. The summed E-state index contributed by atoms with van der Waals surface area (Å²) in [6.07, 6.45) is 3.17. The van der Waals surface area contributed by atoms with Crippen LogP contribution >= 0.6 is 0 Å². The Hall–Kier alpha value is -0.770. The summed E-state index contributed by atoms with van der Waals surface area (Å²) in [5.74, 6) is 0. The Kier molecular flexibility index (Phi) is 1.28. The molecule has 3 atom stereocenters. The molecule has 3 rings (SSSR count). The standard InChI is InChI=1S/C9H13NO3/c11-8(12)10-6-1-2-7(10)4-9(3-6)5-13-9/h6-7H,1-5H2,(H,11,12)/t6-,7+,9+. The van der Waals surface area contributed by atoms with Crippen LogP contribution in [0.5, 0.6) is 0 Å². The van der Waals surface area contributed by atoms with E-state index in [4.69, 9.17) is 9.84 Å². The monoisotopic (exact) mass is 183 g/mol. The number of fused-ring (bicyclic) bond motifs is 2. The molecule has 3 aliphatic rings. The SMILES string of the molecule is O=C(O)N1[C@@H]2CC[C@H]1C[C@]1(CO1)C2. The number of amides is 1. The highest BCUT2D eigenvalue weighted by atomic mass is 16.6. The van der Waals surface area contributed by atoms with Crippen LogP contribution in [0.4, 0.5) is 4.79 Å². The molecule has 4 nitrogen and oxygen atoms in total. The van der Waals surface area contributed by atoms with Crippen molar-refractivity contribution < 1.29 is 14.6 Å². The molecule has 3 saturated heterocycles. The van der Waals surface area contributed by atoms with E-state index in [-0.39, 0.29) is 17.7 Å². The number of hydrogen-bond acceptors (Lipinski definition) is 2. The van der Waals surface area contributed by atoms with Crippen molar-refractivity contribution in [2.24, 2.45) is 0 Å². The zero-order valence-corrected chi connectivity index (χ0v) is 7.40. The van der Waals surface area contributed by atoms with Gasteiger partial charge in [-0.15, -0.1) is 0 Å². The van der Waals surface area contributed by atoms with Crippen molar-refractivity contribution in [3.63, 3.8) is 0 Å². The van der Waals surface area contributed by atoms with Crippen molar-refractivity contribution in [1.29, 1.82) is 0 Å². The quantitative estimate of drug-likeness (QED) is 0.571. The van der Waals surface area contributed by atoms with E-state index in [0.29, 0.717) is 0 Å². The van der Waals surface area contributed by atoms with Gasteiger partial charge in [-0.25, -0.2) is 4.79 Å². The van der Waals surface area contributed by atoms with E-state index in [2.05, 4.69) is 0 Å². The van der Waals surface area contributed by atoms with Crippen LogP contribution in [-0.4, -0.2) is 40.4 Å². The largest absolute Gasteiger partial charge is 0.465 e. The average molecular weight is 183 g/mol. The molecule has 2 bridgehead atoms. The Bertz CT molecular complexity index is 246. The van der Waals surface area contributed by atoms with E-state index < -0.39 is 6.09 Å². The van der Waals surface area contributed by atoms with Gasteiger partial charge in [0.2, 0.25) is 0 Å². The summed E-state index contributed by atoms with van der Waals surface area (Å²) in [6, 6.07) is 0.470. The van der Waals surface area contributed by atoms with Crippen LogP contribution in [0, 0.1) is 0 Å². The van der Waals surface area contributed by atoms with Crippen LogP contribution in [0.15, 0.2) is 0 Å². The molecule has 0 saturated carbocycles. The highest BCUT2D eigenvalue weighted by Crippen LogP contribution is 2.48. The molecule has 72 valence electrons. The van der Waals surface area contributed by atoms with E-state index >= 15 is 0 Å². The highest BCUT2D eigenvalue weighted by Gasteiger charge is 2.57. The zero-order valence-electron chi connectivity index (χ0n) is 7.40. The maximum atomic E-state index is 10.9. The normalized spacial score (nSPS) is 46.9. The molecule has 13 heavy (non-hydrogen) atoms. The molecule has 0 unspecified atom stereocenters. The third-order valence-corrected chi connectivity index (χ3v) is 3.61. The minimum absolute atomic E-state index is 0.0950. The Morgan fingerprint density at radius 3 is 2.31 bits per heavy atom. The smallest absolute Gasteiger partial charge is 0.407 e. The maximum absolute atomic E-state index is 10.9. The molecule has 1 N–H and O–H groups in total. The molecule has 0 radical (unpaired) electrons. The summed E-state index contributed by atoms with van der Waals surface area (Å²) in [5.41, 5.74) is 0.0950. The first-order valence-corrected chi connectivity index (χ1v) is 4.85. The topological polar surface area (TPSA) is 53.1 Å². The first kappa shape index (κ1) is 7.62. The lowest BCUT2D eigenvalue weighted by molar-refractivity contribution is 0.0719. The number of ether oxygens (including phenoxy) is 1. The van der Waals surface area contributed by atoms with Gasteiger partial charge in [-0.05, 0) is 25.7 Å². The van der Waals surface area contributed by atoms with Gasteiger partial charge >= 0.3 is 6.09 Å². The molecule has 4 heteroatoms. The number of piperidine rings is 1. The summed E-state index contributed by atoms with van der Waals surface area (Å²) in [6.45, 7) is 0.855. The van der Waals surface area contributed by atoms with Gasteiger partial charge in [0.05, 0.1) is 12.2 Å². The van der Waals surface area contributed by atoms with E-state index in [9.17, 15) is 4.79 Å². The summed E-state index contributed by atoms with van der Waals surface area (Å²) >= 11 is 0. The number of carbonyl (C=O) groups is 1. The molecule has 1 spiro atoms. The number of nitrogens with zero attached hydrogens (tertiary/aromatic N) is 1. The Labute approximate surface area is 76.5 Å². The minimum Gasteiger partial charge on any atom is -0.465 e. The Morgan fingerprint density at radius 2 is 1.92 bits per heavy atom. The number of hydrogen-bond donors (Lipinski definition) is 1. The van der Waals surface area contributed by atoms with Crippen molar-refractivity contribution in [3.8, 4) is 0 Å². The average Bonchev–Trinajstić information content (AvgIpc) is 2.73. The second-order valence-corrected chi connectivity index (χ2v) is 4.45. The molecular weight excluding hydrogens is 170 g/mol. The van der Waals surface area contributed by atoms with Crippen molar-refractivity contribution in [2.75, 3.05) is 6.61 Å². The fraction of sp³-hybridized carbons (Fsp3) is 0.889. The van der Waals surface area contributed by atoms with Crippen molar-refractivity contribution in [3.05, 3.63) is 0 Å². The Balaban J connectivity index is 1.85. The first-order chi connectivity index (χ1) is 6.20. The third kappa shape index (κ3) is 0.981. The lowest BCUT2D eigenvalue weighted by Crippen LogP contribution is -2.48. The zero-order chi connectivity index (χ0) is 9.05. The van der Waals surface area contributed by atoms with Crippen LogP contribution < -0.4 is 0 Å². The summed E-state index contributed by atoms with van der Waals surface area (Å²) < 4.78 is 5.43. The molecule has 0 aliphatic carbocycles. The molecule has 3 aliphatic heterocycles. The van der Waals surface area contributed by atoms with Crippen molar-refractivity contribution in [1.82, 2.24) is 4.90 Å². The van der Waals surface area contributed by atoms with Gasteiger partial charge in [0.1, 0.15) is 0 Å². The van der Waals surface area contributed by atoms with Gasteiger partial charge in [0.15, 0.2) is 0 Å². The summed E-state index contributed by atoms with van der Waals surface area (Å²) in [5, 5.41) is 8.99. The lowest BCUT2D eigenvalue weighted by Gasteiger charge is -2.35.